The highest BCUT2D eigenvalue weighted by atomic mass is 16.5. The second kappa shape index (κ2) is 12.3. The van der Waals surface area contributed by atoms with Gasteiger partial charge in [-0.3, -0.25) is 0 Å². The van der Waals surface area contributed by atoms with Crippen molar-refractivity contribution in [1.29, 1.82) is 0 Å². The molecule has 1 aliphatic rings. The topological polar surface area (TPSA) is 88.1 Å². The zero-order valence-corrected chi connectivity index (χ0v) is 17.6. The molecule has 162 valence electrons. The number of carbonyl (C=O) groups excluding carboxylic acids is 1. The highest BCUT2D eigenvalue weighted by Gasteiger charge is 2.22. The van der Waals surface area contributed by atoms with Crippen molar-refractivity contribution in [3.8, 4) is 5.75 Å². The number of carbonyl (C=O) groups is 2. The van der Waals surface area contributed by atoms with Crippen molar-refractivity contribution in [1.82, 2.24) is 10.2 Å². The van der Waals surface area contributed by atoms with Gasteiger partial charge >= 0.3 is 12.0 Å². The second-order valence-electron chi connectivity index (χ2n) is 7.41. The Morgan fingerprint density at radius 3 is 2.48 bits per heavy atom. The van der Waals surface area contributed by atoms with Crippen molar-refractivity contribution in [3.05, 3.63) is 29.8 Å². The number of urea groups is 1. The van der Waals surface area contributed by atoms with Crippen LogP contribution >= 0.6 is 0 Å². The molecule has 1 aromatic carbocycles. The number of benzene rings is 1. The van der Waals surface area contributed by atoms with Crippen LogP contribution in [0, 0.1) is 5.92 Å². The number of rotatable bonds is 12. The standard InChI is InChI=1S/C22H34N2O5/c1-3-23-22(27)24(16-18-7-5-6-8-18)13-14-29-19-11-9-17(10-12-19)15-20(21(25)26)28-4-2/h9-12,18,20H,3-8,13-16H2,1-2H3,(H,23,27)(H,25,26). The number of ether oxygens (including phenoxy) is 2. The maximum Gasteiger partial charge on any atom is 0.333 e. The molecule has 2 rings (SSSR count). The highest BCUT2D eigenvalue weighted by Crippen LogP contribution is 2.25. The smallest absolute Gasteiger partial charge is 0.333 e. The van der Waals surface area contributed by atoms with Gasteiger partial charge in [-0.15, -0.1) is 0 Å². The zero-order chi connectivity index (χ0) is 21.1. The Balaban J connectivity index is 1.83. The van der Waals surface area contributed by atoms with Crippen LogP contribution in [0.15, 0.2) is 24.3 Å². The molecule has 1 unspecified atom stereocenters. The van der Waals surface area contributed by atoms with Gasteiger partial charge in [-0.05, 0) is 50.3 Å². The summed E-state index contributed by atoms with van der Waals surface area (Å²) in [5.41, 5.74) is 0.878. The molecule has 7 heteroatoms. The lowest BCUT2D eigenvalue weighted by Crippen LogP contribution is -2.44. The fourth-order valence-corrected chi connectivity index (χ4v) is 3.67. The van der Waals surface area contributed by atoms with Gasteiger partial charge in [0.25, 0.3) is 0 Å². The molecule has 0 spiro atoms. The van der Waals surface area contributed by atoms with Gasteiger partial charge < -0.3 is 24.8 Å². The molecule has 0 aromatic heterocycles. The highest BCUT2D eigenvalue weighted by molar-refractivity contribution is 5.74. The molecule has 0 aliphatic heterocycles. The average Bonchev–Trinajstić information content (AvgIpc) is 3.21. The second-order valence-corrected chi connectivity index (χ2v) is 7.41. The Morgan fingerprint density at radius 1 is 1.21 bits per heavy atom. The molecule has 1 atom stereocenters. The van der Waals surface area contributed by atoms with Gasteiger partial charge in [0.05, 0.1) is 6.54 Å². The van der Waals surface area contributed by atoms with Gasteiger partial charge in [0.15, 0.2) is 6.10 Å². The van der Waals surface area contributed by atoms with Gasteiger partial charge in [-0.25, -0.2) is 9.59 Å². The van der Waals surface area contributed by atoms with Crippen molar-refractivity contribution in [3.63, 3.8) is 0 Å². The lowest BCUT2D eigenvalue weighted by molar-refractivity contribution is -0.149. The molecule has 0 radical (unpaired) electrons. The molecule has 0 bridgehead atoms. The van der Waals surface area contributed by atoms with Crippen molar-refractivity contribution in [2.24, 2.45) is 5.92 Å². The van der Waals surface area contributed by atoms with Gasteiger partial charge in [0.2, 0.25) is 0 Å². The summed E-state index contributed by atoms with van der Waals surface area (Å²) in [6.45, 7) is 6.41. The van der Waals surface area contributed by atoms with Crippen LogP contribution in [-0.2, 0) is 16.0 Å². The largest absolute Gasteiger partial charge is 0.492 e. The minimum atomic E-state index is -0.958. The van der Waals surface area contributed by atoms with E-state index >= 15 is 0 Å². The Bertz CT molecular complexity index is 629. The van der Waals surface area contributed by atoms with Crippen molar-refractivity contribution < 1.29 is 24.2 Å². The van der Waals surface area contributed by atoms with Crippen LogP contribution in [0.2, 0.25) is 0 Å². The van der Waals surface area contributed by atoms with Gasteiger partial charge in [0.1, 0.15) is 12.4 Å². The van der Waals surface area contributed by atoms with E-state index in [1.54, 1.807) is 6.92 Å². The molecule has 1 aromatic rings. The van der Waals surface area contributed by atoms with E-state index in [9.17, 15) is 14.7 Å². The average molecular weight is 407 g/mol. The molecule has 1 saturated carbocycles. The van der Waals surface area contributed by atoms with Crippen LogP contribution in [0.3, 0.4) is 0 Å². The molecule has 2 amide bonds. The minimum Gasteiger partial charge on any atom is -0.492 e. The van der Waals surface area contributed by atoms with Crippen LogP contribution in [0.5, 0.6) is 5.75 Å². The number of carboxylic acid groups (broad SMARTS) is 1. The molecular formula is C22H34N2O5. The predicted molar refractivity (Wildman–Crippen MR) is 111 cm³/mol. The molecule has 2 N–H and O–H groups in total. The third-order valence-corrected chi connectivity index (χ3v) is 5.19. The molecule has 1 aliphatic carbocycles. The molecule has 0 saturated heterocycles. The number of hydrogen-bond acceptors (Lipinski definition) is 4. The molecule has 1 fully saturated rings. The minimum absolute atomic E-state index is 0.0333. The summed E-state index contributed by atoms with van der Waals surface area (Å²) < 4.78 is 11.1. The SMILES string of the molecule is CCNC(=O)N(CCOc1ccc(CC(OCC)C(=O)O)cc1)CC1CCCC1. The summed E-state index contributed by atoms with van der Waals surface area (Å²) in [5.74, 6) is 0.332. The summed E-state index contributed by atoms with van der Waals surface area (Å²) in [6.07, 6.45) is 4.36. The van der Waals surface area contributed by atoms with Crippen LogP contribution in [0.1, 0.15) is 45.1 Å². The third-order valence-electron chi connectivity index (χ3n) is 5.19. The Labute approximate surface area is 173 Å². The van der Waals surface area contributed by atoms with Gasteiger partial charge in [0, 0.05) is 26.1 Å². The predicted octanol–water partition coefficient (Wildman–Crippen LogP) is 3.32. The van der Waals surface area contributed by atoms with Crippen LogP contribution in [-0.4, -0.2) is 61.0 Å². The monoisotopic (exact) mass is 406 g/mol. The summed E-state index contributed by atoms with van der Waals surface area (Å²) in [4.78, 5) is 25.4. The summed E-state index contributed by atoms with van der Waals surface area (Å²) in [6, 6.07) is 7.32. The fourth-order valence-electron chi connectivity index (χ4n) is 3.67. The summed E-state index contributed by atoms with van der Waals surface area (Å²) in [5, 5.41) is 12.1. The normalized spacial score (nSPS) is 15.1. The molecule has 29 heavy (non-hydrogen) atoms. The van der Waals surface area contributed by atoms with Crippen LogP contribution in [0.4, 0.5) is 4.79 Å². The summed E-state index contributed by atoms with van der Waals surface area (Å²) in [7, 11) is 0. The number of nitrogens with zero attached hydrogens (tertiary/aromatic N) is 1. The van der Waals surface area contributed by atoms with E-state index < -0.39 is 12.1 Å². The number of aliphatic carboxylic acids is 1. The first kappa shape index (κ1) is 23.0. The Morgan fingerprint density at radius 2 is 1.90 bits per heavy atom. The van der Waals surface area contributed by atoms with E-state index in [4.69, 9.17) is 9.47 Å². The van der Waals surface area contributed by atoms with E-state index in [0.717, 1.165) is 12.1 Å². The maximum absolute atomic E-state index is 12.3. The van der Waals surface area contributed by atoms with Crippen molar-refractivity contribution in [2.75, 3.05) is 32.8 Å². The molecule has 7 nitrogen and oxygen atoms in total. The molecule has 0 heterocycles. The number of nitrogens with one attached hydrogen (secondary N) is 1. The lowest BCUT2D eigenvalue weighted by atomic mass is 10.1. The van der Waals surface area contributed by atoms with E-state index in [-0.39, 0.29) is 6.03 Å². The fraction of sp³-hybridized carbons (Fsp3) is 0.636. The van der Waals surface area contributed by atoms with Gasteiger partial charge in [-0.2, -0.15) is 0 Å². The number of amides is 2. The summed E-state index contributed by atoms with van der Waals surface area (Å²) >= 11 is 0. The van der Waals surface area contributed by atoms with E-state index in [1.165, 1.54) is 25.7 Å². The van der Waals surface area contributed by atoms with E-state index in [0.29, 0.717) is 44.4 Å². The first-order valence-corrected chi connectivity index (χ1v) is 10.6. The quantitative estimate of drug-likeness (QED) is 0.556. The maximum atomic E-state index is 12.3. The van der Waals surface area contributed by atoms with E-state index in [1.807, 2.05) is 36.1 Å². The molecular weight excluding hydrogens is 372 g/mol. The zero-order valence-electron chi connectivity index (χ0n) is 17.6. The van der Waals surface area contributed by atoms with Crippen molar-refractivity contribution in [2.45, 2.75) is 52.1 Å². The first-order valence-electron chi connectivity index (χ1n) is 10.6. The Hall–Kier alpha value is -2.28. The van der Waals surface area contributed by atoms with Gasteiger partial charge in [-0.1, -0.05) is 25.0 Å². The van der Waals surface area contributed by atoms with Crippen LogP contribution in [0.25, 0.3) is 0 Å². The first-order chi connectivity index (χ1) is 14.0. The van der Waals surface area contributed by atoms with E-state index in [2.05, 4.69) is 5.32 Å². The number of hydrogen-bond donors (Lipinski definition) is 2. The van der Waals surface area contributed by atoms with Crippen LogP contribution < -0.4 is 10.1 Å². The Kier molecular flexibility index (Phi) is 9.77. The van der Waals surface area contributed by atoms with Crippen molar-refractivity contribution >= 4 is 12.0 Å². The lowest BCUT2D eigenvalue weighted by Gasteiger charge is -2.26. The number of carboxylic acids is 1. The third kappa shape index (κ3) is 7.93.